The maximum Gasteiger partial charge on any atom is 0.306 e. The minimum atomic E-state index is -0.365. The van der Waals surface area contributed by atoms with Gasteiger partial charge in [-0.2, -0.15) is 0 Å². The number of nitro groups is 1. The van der Waals surface area contributed by atoms with Gasteiger partial charge in [0.15, 0.2) is 0 Å². The Labute approximate surface area is 96.3 Å². The first-order valence-electron chi connectivity index (χ1n) is 5.52. The van der Waals surface area contributed by atoms with Crippen LogP contribution >= 0.6 is 0 Å². The maximum absolute atomic E-state index is 11.3. The van der Waals surface area contributed by atoms with Crippen molar-refractivity contribution >= 4 is 5.97 Å². The van der Waals surface area contributed by atoms with Crippen molar-refractivity contribution in [3.05, 3.63) is 10.1 Å². The molecule has 0 aliphatic heterocycles. The van der Waals surface area contributed by atoms with Gasteiger partial charge >= 0.3 is 5.97 Å². The number of hydrogen-bond acceptors (Lipinski definition) is 4. The van der Waals surface area contributed by atoms with Gasteiger partial charge in [-0.25, -0.2) is 0 Å². The molecule has 0 aromatic carbocycles. The van der Waals surface area contributed by atoms with Crippen LogP contribution in [0.5, 0.6) is 0 Å². The summed E-state index contributed by atoms with van der Waals surface area (Å²) in [6, 6.07) is 0. The van der Waals surface area contributed by atoms with Gasteiger partial charge in [0.1, 0.15) is 0 Å². The molecule has 5 nitrogen and oxygen atoms in total. The topological polar surface area (TPSA) is 69.4 Å². The molecule has 0 aromatic rings. The Morgan fingerprint density at radius 3 is 2.38 bits per heavy atom. The summed E-state index contributed by atoms with van der Waals surface area (Å²) in [6.07, 6.45) is 0.777. The van der Waals surface area contributed by atoms with Crippen molar-refractivity contribution < 1.29 is 14.5 Å². The number of nitrogens with zero attached hydrogens (tertiary/aromatic N) is 1. The van der Waals surface area contributed by atoms with Gasteiger partial charge in [0.2, 0.25) is 6.54 Å². The Balaban J connectivity index is 4.31. The third kappa shape index (κ3) is 8.20. The first kappa shape index (κ1) is 14.9. The van der Waals surface area contributed by atoms with Crippen molar-refractivity contribution in [3.63, 3.8) is 0 Å². The SMILES string of the molecule is CCOC(=O)C[C@H](C[N+](=O)[O-])CC(C)(C)C. The lowest BCUT2D eigenvalue weighted by Crippen LogP contribution is -2.24. The van der Waals surface area contributed by atoms with E-state index >= 15 is 0 Å². The lowest BCUT2D eigenvalue weighted by molar-refractivity contribution is -0.488. The molecule has 0 amide bonds. The standard InChI is InChI=1S/C11H21NO4/c1-5-16-10(13)6-9(8-12(14)15)7-11(2,3)4/h9H,5-8H2,1-4H3/t9-/m0/s1. The summed E-state index contributed by atoms with van der Waals surface area (Å²) < 4.78 is 4.81. The van der Waals surface area contributed by atoms with E-state index in [4.69, 9.17) is 4.74 Å². The second-order valence-corrected chi connectivity index (χ2v) is 5.16. The van der Waals surface area contributed by atoms with Crippen LogP contribution in [0.1, 0.15) is 40.5 Å². The second kappa shape index (κ2) is 6.45. The van der Waals surface area contributed by atoms with Gasteiger partial charge in [-0.3, -0.25) is 14.9 Å². The molecule has 0 bridgehead atoms. The Bertz CT molecular complexity index is 245. The molecule has 0 saturated carbocycles. The van der Waals surface area contributed by atoms with Crippen LogP contribution in [0.15, 0.2) is 0 Å². The van der Waals surface area contributed by atoms with E-state index in [1.165, 1.54) is 0 Å². The molecular weight excluding hydrogens is 210 g/mol. The predicted octanol–water partition coefficient (Wildman–Crippen LogP) is 2.27. The molecule has 0 rings (SSSR count). The lowest BCUT2D eigenvalue weighted by Gasteiger charge is -2.22. The molecule has 0 radical (unpaired) electrons. The molecular formula is C11H21NO4. The molecule has 0 aliphatic rings. The zero-order valence-electron chi connectivity index (χ0n) is 10.5. The maximum atomic E-state index is 11.3. The fourth-order valence-electron chi connectivity index (χ4n) is 1.73. The van der Waals surface area contributed by atoms with E-state index in [1.807, 2.05) is 20.8 Å². The molecule has 5 heteroatoms. The minimum absolute atomic E-state index is 0.0207. The summed E-state index contributed by atoms with van der Waals surface area (Å²) in [4.78, 5) is 21.4. The smallest absolute Gasteiger partial charge is 0.306 e. The van der Waals surface area contributed by atoms with Crippen molar-refractivity contribution in [3.8, 4) is 0 Å². The molecule has 0 aliphatic carbocycles. The molecule has 0 fully saturated rings. The van der Waals surface area contributed by atoms with Crippen LogP contribution in [0.4, 0.5) is 0 Å². The van der Waals surface area contributed by atoms with Gasteiger partial charge in [0, 0.05) is 10.8 Å². The van der Waals surface area contributed by atoms with E-state index in [1.54, 1.807) is 6.92 Å². The quantitative estimate of drug-likeness (QED) is 0.399. The zero-order chi connectivity index (χ0) is 12.8. The highest BCUT2D eigenvalue weighted by atomic mass is 16.6. The van der Waals surface area contributed by atoms with Gasteiger partial charge in [-0.05, 0) is 18.8 Å². The first-order chi connectivity index (χ1) is 7.24. The largest absolute Gasteiger partial charge is 0.466 e. The highest BCUT2D eigenvalue weighted by molar-refractivity contribution is 5.69. The van der Waals surface area contributed by atoms with Gasteiger partial charge in [-0.1, -0.05) is 20.8 Å². The van der Waals surface area contributed by atoms with Gasteiger partial charge in [0.05, 0.1) is 13.0 Å². The second-order valence-electron chi connectivity index (χ2n) is 5.16. The van der Waals surface area contributed by atoms with E-state index in [9.17, 15) is 14.9 Å². The van der Waals surface area contributed by atoms with Crippen LogP contribution in [-0.4, -0.2) is 24.0 Å². The van der Waals surface area contributed by atoms with E-state index in [-0.39, 0.29) is 35.2 Å². The number of ether oxygens (including phenoxy) is 1. The molecule has 0 heterocycles. The summed E-state index contributed by atoms with van der Waals surface area (Å²) in [6.45, 7) is 7.89. The van der Waals surface area contributed by atoms with Crippen LogP contribution in [-0.2, 0) is 9.53 Å². The molecule has 0 unspecified atom stereocenters. The molecule has 94 valence electrons. The Morgan fingerprint density at radius 2 is 2.00 bits per heavy atom. The molecule has 0 N–H and O–H groups in total. The van der Waals surface area contributed by atoms with Crippen LogP contribution in [0, 0.1) is 21.4 Å². The van der Waals surface area contributed by atoms with E-state index < -0.39 is 0 Å². The van der Waals surface area contributed by atoms with Gasteiger partial charge in [-0.15, -0.1) is 0 Å². The zero-order valence-corrected chi connectivity index (χ0v) is 10.5. The van der Waals surface area contributed by atoms with Crippen molar-refractivity contribution in [2.45, 2.75) is 40.5 Å². The molecule has 0 spiro atoms. The summed E-state index contributed by atoms with van der Waals surface area (Å²) in [5.41, 5.74) is -0.0207. The van der Waals surface area contributed by atoms with Crippen molar-refractivity contribution in [2.24, 2.45) is 11.3 Å². The van der Waals surface area contributed by atoms with Gasteiger partial charge in [0.25, 0.3) is 0 Å². The van der Waals surface area contributed by atoms with Crippen molar-refractivity contribution in [1.29, 1.82) is 0 Å². The fraction of sp³-hybridized carbons (Fsp3) is 0.909. The first-order valence-corrected chi connectivity index (χ1v) is 5.52. The van der Waals surface area contributed by atoms with Crippen molar-refractivity contribution in [1.82, 2.24) is 0 Å². The third-order valence-electron chi connectivity index (χ3n) is 2.07. The number of carbonyl (C=O) groups excluding carboxylic acids is 1. The van der Waals surface area contributed by atoms with Crippen molar-refractivity contribution in [2.75, 3.05) is 13.2 Å². The monoisotopic (exact) mass is 231 g/mol. The van der Waals surface area contributed by atoms with E-state index in [0.29, 0.717) is 13.0 Å². The summed E-state index contributed by atoms with van der Waals surface area (Å²) in [5, 5.41) is 10.5. The van der Waals surface area contributed by atoms with E-state index in [2.05, 4.69) is 0 Å². The predicted molar refractivity (Wildman–Crippen MR) is 60.7 cm³/mol. The molecule has 0 saturated heterocycles. The average molecular weight is 231 g/mol. The molecule has 16 heavy (non-hydrogen) atoms. The Morgan fingerprint density at radius 1 is 1.44 bits per heavy atom. The van der Waals surface area contributed by atoms with Crippen LogP contribution in [0.25, 0.3) is 0 Å². The van der Waals surface area contributed by atoms with Crippen LogP contribution < -0.4 is 0 Å². The summed E-state index contributed by atoms with van der Waals surface area (Å²) >= 11 is 0. The molecule has 0 aromatic heterocycles. The molecule has 1 atom stereocenters. The normalized spacial score (nSPS) is 13.2. The van der Waals surface area contributed by atoms with Crippen LogP contribution in [0.2, 0.25) is 0 Å². The highest BCUT2D eigenvalue weighted by Gasteiger charge is 2.25. The minimum Gasteiger partial charge on any atom is -0.466 e. The number of esters is 1. The fourth-order valence-corrected chi connectivity index (χ4v) is 1.73. The Kier molecular flexibility index (Phi) is 6.00. The average Bonchev–Trinajstić information content (AvgIpc) is 1.98. The summed E-state index contributed by atoms with van der Waals surface area (Å²) in [5.74, 6) is -0.590. The number of hydrogen-bond donors (Lipinski definition) is 0. The number of rotatable bonds is 6. The highest BCUT2D eigenvalue weighted by Crippen LogP contribution is 2.26. The lowest BCUT2D eigenvalue weighted by atomic mass is 9.83. The third-order valence-corrected chi connectivity index (χ3v) is 2.07. The Hall–Kier alpha value is -1.13. The number of carbonyl (C=O) groups is 1. The van der Waals surface area contributed by atoms with E-state index in [0.717, 1.165) is 0 Å². The summed E-state index contributed by atoms with van der Waals surface area (Å²) in [7, 11) is 0. The van der Waals surface area contributed by atoms with Crippen LogP contribution in [0.3, 0.4) is 0 Å². The van der Waals surface area contributed by atoms with Gasteiger partial charge < -0.3 is 4.74 Å².